The first-order chi connectivity index (χ1) is 10.6. The molecule has 7 heteroatoms. The minimum absolute atomic E-state index is 0.0371. The van der Waals surface area contributed by atoms with Crippen molar-refractivity contribution in [3.8, 4) is 0 Å². The van der Waals surface area contributed by atoms with Gasteiger partial charge in [0.1, 0.15) is 11.6 Å². The van der Waals surface area contributed by atoms with Crippen molar-refractivity contribution >= 4 is 34.2 Å². The Hall–Kier alpha value is -1.92. The Bertz CT molecular complexity index is 716. The largest absolute Gasteiger partial charge is 0.353 e. The number of aromatic nitrogens is 1. The fourth-order valence-corrected chi connectivity index (χ4v) is 2.89. The van der Waals surface area contributed by atoms with Crippen LogP contribution in [0.5, 0.6) is 0 Å². The van der Waals surface area contributed by atoms with Crippen LogP contribution in [0.2, 0.25) is 5.02 Å². The highest BCUT2D eigenvalue weighted by Crippen LogP contribution is 2.26. The maximum Gasteiger partial charge on any atom is 0.236 e. The highest BCUT2D eigenvalue weighted by atomic mass is 35.5. The van der Waals surface area contributed by atoms with Gasteiger partial charge in [-0.05, 0) is 24.3 Å². The summed E-state index contributed by atoms with van der Waals surface area (Å²) in [6.45, 7) is 2.64. The van der Waals surface area contributed by atoms with Gasteiger partial charge in [0, 0.05) is 31.6 Å². The molecule has 0 bridgehead atoms. The smallest absolute Gasteiger partial charge is 0.236 e. The number of nitrogens with two attached hydrogens (primary N) is 1. The highest BCUT2D eigenvalue weighted by molar-refractivity contribution is 6.35. The van der Waals surface area contributed by atoms with E-state index in [0.717, 1.165) is 5.82 Å². The Kier molecular flexibility index (Phi) is 4.13. The van der Waals surface area contributed by atoms with E-state index in [1.54, 1.807) is 4.90 Å². The second-order valence-corrected chi connectivity index (χ2v) is 5.61. The van der Waals surface area contributed by atoms with Crippen LogP contribution in [0.3, 0.4) is 0 Å². The van der Waals surface area contributed by atoms with Gasteiger partial charge in [-0.25, -0.2) is 9.37 Å². The van der Waals surface area contributed by atoms with Crippen molar-refractivity contribution in [3.05, 3.63) is 35.1 Å². The third kappa shape index (κ3) is 2.84. The molecule has 0 saturated carbocycles. The molecule has 22 heavy (non-hydrogen) atoms. The summed E-state index contributed by atoms with van der Waals surface area (Å²) in [6, 6.07) is 6.33. The van der Waals surface area contributed by atoms with Crippen molar-refractivity contribution < 1.29 is 9.18 Å². The van der Waals surface area contributed by atoms with Crippen LogP contribution in [0.25, 0.3) is 10.9 Å². The molecule has 2 aromatic rings. The number of carbonyl (C=O) groups excluding carboxylic acids is 1. The van der Waals surface area contributed by atoms with Gasteiger partial charge in [-0.1, -0.05) is 11.6 Å². The van der Waals surface area contributed by atoms with Crippen LogP contribution in [0, 0.1) is 5.82 Å². The van der Waals surface area contributed by atoms with E-state index in [4.69, 9.17) is 17.3 Å². The quantitative estimate of drug-likeness (QED) is 0.913. The van der Waals surface area contributed by atoms with Gasteiger partial charge in [-0.3, -0.25) is 4.79 Å². The fraction of sp³-hybridized carbons (Fsp3) is 0.333. The summed E-state index contributed by atoms with van der Waals surface area (Å²) in [4.78, 5) is 19.9. The number of pyridine rings is 1. The number of hydrogen-bond acceptors (Lipinski definition) is 4. The number of fused-ring (bicyclic) bond motifs is 1. The van der Waals surface area contributed by atoms with E-state index < -0.39 is 0 Å². The molecule has 0 atom stereocenters. The minimum Gasteiger partial charge on any atom is -0.353 e. The Balaban J connectivity index is 1.82. The molecular weight excluding hydrogens is 307 g/mol. The molecule has 5 nitrogen and oxygen atoms in total. The molecule has 0 unspecified atom stereocenters. The molecule has 1 amide bonds. The number of benzene rings is 1. The van der Waals surface area contributed by atoms with E-state index in [1.165, 1.54) is 12.1 Å². The summed E-state index contributed by atoms with van der Waals surface area (Å²) >= 11 is 6.07. The van der Waals surface area contributed by atoms with Gasteiger partial charge in [-0.2, -0.15) is 0 Å². The minimum atomic E-state index is -0.374. The Morgan fingerprint density at radius 3 is 2.68 bits per heavy atom. The molecule has 0 aliphatic carbocycles. The van der Waals surface area contributed by atoms with Crippen molar-refractivity contribution in [2.45, 2.75) is 0 Å². The summed E-state index contributed by atoms with van der Waals surface area (Å²) in [5.41, 5.74) is 5.96. The molecule has 0 spiro atoms. The zero-order valence-electron chi connectivity index (χ0n) is 11.9. The van der Waals surface area contributed by atoms with Crippen LogP contribution >= 0.6 is 11.6 Å². The van der Waals surface area contributed by atoms with Crippen molar-refractivity contribution in [2.75, 3.05) is 37.6 Å². The third-order valence-electron chi connectivity index (χ3n) is 3.83. The Morgan fingerprint density at radius 2 is 2.00 bits per heavy atom. The molecule has 2 heterocycles. The molecule has 1 saturated heterocycles. The maximum atomic E-state index is 13.3. The van der Waals surface area contributed by atoms with Crippen molar-refractivity contribution in [1.82, 2.24) is 9.88 Å². The van der Waals surface area contributed by atoms with Crippen LogP contribution in [-0.2, 0) is 4.79 Å². The topological polar surface area (TPSA) is 62.5 Å². The van der Waals surface area contributed by atoms with Gasteiger partial charge in [0.2, 0.25) is 5.91 Å². The SMILES string of the molecule is NCC(=O)N1CCN(c2ccc3cc(F)cc(Cl)c3n2)CC1. The molecule has 0 radical (unpaired) electrons. The van der Waals surface area contributed by atoms with E-state index in [-0.39, 0.29) is 18.3 Å². The summed E-state index contributed by atoms with van der Waals surface area (Å²) in [5, 5.41) is 0.972. The molecule has 1 aliphatic heterocycles. The third-order valence-corrected chi connectivity index (χ3v) is 4.12. The van der Waals surface area contributed by atoms with E-state index in [1.807, 2.05) is 12.1 Å². The van der Waals surface area contributed by atoms with Crippen LogP contribution in [0.1, 0.15) is 0 Å². The molecule has 2 N–H and O–H groups in total. The van der Waals surface area contributed by atoms with E-state index >= 15 is 0 Å². The number of rotatable bonds is 2. The Labute approximate surface area is 132 Å². The number of anilines is 1. The second-order valence-electron chi connectivity index (χ2n) is 5.20. The molecule has 3 rings (SSSR count). The average molecular weight is 323 g/mol. The van der Waals surface area contributed by atoms with Crippen LogP contribution in [0.15, 0.2) is 24.3 Å². The highest BCUT2D eigenvalue weighted by Gasteiger charge is 2.21. The number of carbonyl (C=O) groups is 1. The lowest BCUT2D eigenvalue weighted by molar-refractivity contribution is -0.129. The number of piperazine rings is 1. The number of nitrogens with zero attached hydrogens (tertiary/aromatic N) is 3. The monoisotopic (exact) mass is 322 g/mol. The molecule has 1 aliphatic rings. The predicted molar refractivity (Wildman–Crippen MR) is 84.6 cm³/mol. The van der Waals surface area contributed by atoms with Crippen molar-refractivity contribution in [1.29, 1.82) is 0 Å². The first-order valence-corrected chi connectivity index (χ1v) is 7.45. The lowest BCUT2D eigenvalue weighted by Crippen LogP contribution is -2.50. The summed E-state index contributed by atoms with van der Waals surface area (Å²) in [7, 11) is 0. The van der Waals surface area contributed by atoms with E-state index in [9.17, 15) is 9.18 Å². The van der Waals surface area contributed by atoms with Crippen molar-refractivity contribution in [2.24, 2.45) is 5.73 Å². The summed E-state index contributed by atoms with van der Waals surface area (Å²) in [6.07, 6.45) is 0. The van der Waals surface area contributed by atoms with E-state index in [0.29, 0.717) is 42.1 Å². The first kappa shape index (κ1) is 15.0. The second kappa shape index (κ2) is 6.06. The van der Waals surface area contributed by atoms with Gasteiger partial charge in [0.15, 0.2) is 0 Å². The van der Waals surface area contributed by atoms with Gasteiger partial charge >= 0.3 is 0 Å². The van der Waals surface area contributed by atoms with Crippen LogP contribution in [-0.4, -0.2) is 48.5 Å². The molecule has 1 aromatic carbocycles. The van der Waals surface area contributed by atoms with Crippen LogP contribution in [0.4, 0.5) is 10.2 Å². The van der Waals surface area contributed by atoms with Crippen LogP contribution < -0.4 is 10.6 Å². The number of amides is 1. The molecule has 1 aromatic heterocycles. The van der Waals surface area contributed by atoms with Gasteiger partial charge in [-0.15, -0.1) is 0 Å². The number of halogens is 2. The first-order valence-electron chi connectivity index (χ1n) is 7.07. The van der Waals surface area contributed by atoms with Gasteiger partial charge in [0.05, 0.1) is 17.1 Å². The zero-order chi connectivity index (χ0) is 15.7. The lowest BCUT2D eigenvalue weighted by Gasteiger charge is -2.35. The predicted octanol–water partition coefficient (Wildman–Crippen LogP) is 1.63. The lowest BCUT2D eigenvalue weighted by atomic mass is 10.2. The standard InChI is InChI=1S/C15H16ClFN4O/c16-12-8-11(17)7-10-1-2-13(19-15(10)12)20-3-5-21(6-4-20)14(22)9-18/h1-2,7-8H,3-6,9,18H2. The van der Waals surface area contributed by atoms with Gasteiger partial charge in [0.25, 0.3) is 0 Å². The fourth-order valence-electron chi connectivity index (χ4n) is 2.64. The zero-order valence-corrected chi connectivity index (χ0v) is 12.7. The molecule has 116 valence electrons. The molecule has 1 fully saturated rings. The average Bonchev–Trinajstić information content (AvgIpc) is 2.54. The summed E-state index contributed by atoms with van der Waals surface area (Å²) < 4.78 is 13.3. The number of hydrogen-bond donors (Lipinski definition) is 1. The van der Waals surface area contributed by atoms with Crippen molar-refractivity contribution in [3.63, 3.8) is 0 Å². The molecular formula is C15H16ClFN4O. The van der Waals surface area contributed by atoms with Gasteiger partial charge < -0.3 is 15.5 Å². The van der Waals surface area contributed by atoms with E-state index in [2.05, 4.69) is 9.88 Å². The summed E-state index contributed by atoms with van der Waals surface area (Å²) in [5.74, 6) is 0.367. The normalized spacial score (nSPS) is 15.4. The maximum absolute atomic E-state index is 13.3. The Morgan fingerprint density at radius 1 is 1.27 bits per heavy atom.